The van der Waals surface area contributed by atoms with Crippen molar-refractivity contribution in [2.75, 3.05) is 32.2 Å². The Labute approximate surface area is 199 Å². The van der Waals surface area contributed by atoms with Gasteiger partial charge in [-0.1, -0.05) is 0 Å². The molecular formula is C24H29ClN4O4. The van der Waals surface area contributed by atoms with Crippen LogP contribution in [0.5, 0.6) is 11.5 Å². The maximum atomic E-state index is 12.8. The lowest BCUT2D eigenvalue weighted by molar-refractivity contribution is -0.0867. The molecule has 1 aromatic carbocycles. The summed E-state index contributed by atoms with van der Waals surface area (Å²) >= 11 is 0. The summed E-state index contributed by atoms with van der Waals surface area (Å²) < 4.78 is 19.0. The van der Waals surface area contributed by atoms with Gasteiger partial charge in [0.1, 0.15) is 17.6 Å². The number of rotatable bonds is 5. The Kier molecular flexibility index (Phi) is 7.29. The zero-order valence-electron chi connectivity index (χ0n) is 19.4. The van der Waals surface area contributed by atoms with Crippen molar-refractivity contribution in [1.82, 2.24) is 14.5 Å². The highest BCUT2D eigenvalue weighted by atomic mass is 35.5. The van der Waals surface area contributed by atoms with E-state index in [2.05, 4.69) is 9.88 Å². The van der Waals surface area contributed by atoms with Crippen LogP contribution in [-0.4, -0.2) is 47.4 Å². The summed E-state index contributed by atoms with van der Waals surface area (Å²) in [5, 5.41) is 0. The number of ether oxygens (including phenoxy) is 3. The molecule has 8 nitrogen and oxygen atoms in total. The van der Waals surface area contributed by atoms with Crippen molar-refractivity contribution < 1.29 is 14.2 Å². The van der Waals surface area contributed by atoms with Crippen molar-refractivity contribution in [3.8, 4) is 22.8 Å². The van der Waals surface area contributed by atoms with Crippen molar-refractivity contribution in [2.45, 2.75) is 25.6 Å². The first-order valence-electron chi connectivity index (χ1n) is 10.4. The third-order valence-corrected chi connectivity index (χ3v) is 5.57. The van der Waals surface area contributed by atoms with Gasteiger partial charge in [0, 0.05) is 43.2 Å². The summed E-state index contributed by atoms with van der Waals surface area (Å²) in [5.41, 5.74) is 1.74. The fraction of sp³-hybridized carbons (Fsp3) is 0.375. The standard InChI is InChI=1S/C24H28N4O4.ClH/c1-24(2)15-28(14-21(32-24)18-12-17(30-4)6-7-20(18)31-5)23-26-19(13-22(29)27(23)3)16-8-10-25-11-9-16;/h6-13,21H,14-15H2,1-5H3;1H. The number of halogens is 1. The molecule has 1 aliphatic heterocycles. The minimum Gasteiger partial charge on any atom is -0.497 e. The Morgan fingerprint density at radius 2 is 1.82 bits per heavy atom. The highest BCUT2D eigenvalue weighted by Gasteiger charge is 2.37. The first kappa shape index (κ1) is 24.5. The van der Waals surface area contributed by atoms with E-state index in [0.29, 0.717) is 24.7 Å². The monoisotopic (exact) mass is 472 g/mol. The predicted molar refractivity (Wildman–Crippen MR) is 130 cm³/mol. The van der Waals surface area contributed by atoms with Gasteiger partial charge in [-0.3, -0.25) is 14.3 Å². The SMILES string of the molecule is COc1ccc(OC)c(C2CN(c3nc(-c4ccncc4)cc(=O)n3C)CC(C)(C)O2)c1.Cl. The van der Waals surface area contributed by atoms with Crippen LogP contribution in [0, 0.1) is 0 Å². The molecule has 1 saturated heterocycles. The first-order chi connectivity index (χ1) is 15.3. The number of benzene rings is 1. The summed E-state index contributed by atoms with van der Waals surface area (Å²) in [5.74, 6) is 2.04. The zero-order valence-corrected chi connectivity index (χ0v) is 20.3. The van der Waals surface area contributed by atoms with Gasteiger partial charge >= 0.3 is 0 Å². The molecule has 9 heteroatoms. The molecule has 0 bridgehead atoms. The third-order valence-electron chi connectivity index (χ3n) is 5.57. The fourth-order valence-corrected chi connectivity index (χ4v) is 4.07. The largest absolute Gasteiger partial charge is 0.497 e. The highest BCUT2D eigenvalue weighted by molar-refractivity contribution is 5.85. The molecular weight excluding hydrogens is 444 g/mol. The predicted octanol–water partition coefficient (Wildman–Crippen LogP) is 3.64. The minimum atomic E-state index is -0.485. The molecule has 1 fully saturated rings. The molecule has 0 amide bonds. The third kappa shape index (κ3) is 5.12. The molecule has 0 radical (unpaired) electrons. The van der Waals surface area contributed by atoms with Gasteiger partial charge in [0.05, 0.1) is 32.1 Å². The van der Waals surface area contributed by atoms with E-state index in [0.717, 1.165) is 22.6 Å². The van der Waals surface area contributed by atoms with Crippen LogP contribution >= 0.6 is 12.4 Å². The molecule has 1 aliphatic rings. The zero-order chi connectivity index (χ0) is 22.9. The van der Waals surface area contributed by atoms with Gasteiger partial charge in [-0.15, -0.1) is 12.4 Å². The molecule has 3 aromatic rings. The second-order valence-corrected chi connectivity index (χ2v) is 8.43. The number of aromatic nitrogens is 3. The number of hydrogen-bond donors (Lipinski definition) is 0. The lowest BCUT2D eigenvalue weighted by Crippen LogP contribution is -2.51. The lowest BCUT2D eigenvalue weighted by atomic mass is 10.0. The number of methoxy groups -OCH3 is 2. The van der Waals surface area contributed by atoms with Crippen LogP contribution in [0.25, 0.3) is 11.3 Å². The van der Waals surface area contributed by atoms with E-state index in [-0.39, 0.29) is 24.1 Å². The maximum Gasteiger partial charge on any atom is 0.255 e. The van der Waals surface area contributed by atoms with Crippen LogP contribution in [-0.2, 0) is 11.8 Å². The van der Waals surface area contributed by atoms with Gasteiger partial charge in [0.25, 0.3) is 5.56 Å². The van der Waals surface area contributed by atoms with Crippen LogP contribution in [0.4, 0.5) is 5.95 Å². The van der Waals surface area contributed by atoms with Crippen molar-refractivity contribution in [3.63, 3.8) is 0 Å². The number of pyridine rings is 1. The van der Waals surface area contributed by atoms with E-state index < -0.39 is 5.60 Å². The summed E-state index contributed by atoms with van der Waals surface area (Å²) in [4.78, 5) is 23.8. The van der Waals surface area contributed by atoms with Crippen LogP contribution in [0.3, 0.4) is 0 Å². The number of hydrogen-bond acceptors (Lipinski definition) is 7. The van der Waals surface area contributed by atoms with E-state index in [1.165, 1.54) is 0 Å². The van der Waals surface area contributed by atoms with Gasteiger partial charge in [0.15, 0.2) is 0 Å². The smallest absolute Gasteiger partial charge is 0.255 e. The molecule has 33 heavy (non-hydrogen) atoms. The fourth-order valence-electron chi connectivity index (χ4n) is 4.07. The van der Waals surface area contributed by atoms with Gasteiger partial charge < -0.3 is 19.1 Å². The van der Waals surface area contributed by atoms with Gasteiger partial charge in [-0.05, 0) is 44.2 Å². The Morgan fingerprint density at radius 1 is 1.09 bits per heavy atom. The van der Waals surface area contributed by atoms with E-state index >= 15 is 0 Å². The Morgan fingerprint density at radius 3 is 2.48 bits per heavy atom. The van der Waals surface area contributed by atoms with Crippen LogP contribution in [0.2, 0.25) is 0 Å². The summed E-state index contributed by atoms with van der Waals surface area (Å²) in [6.07, 6.45) is 3.08. The second kappa shape index (κ2) is 9.80. The summed E-state index contributed by atoms with van der Waals surface area (Å²) in [6, 6.07) is 10.9. The highest BCUT2D eigenvalue weighted by Crippen LogP contribution is 2.38. The topological polar surface area (TPSA) is 78.7 Å². The molecule has 1 unspecified atom stereocenters. The van der Waals surface area contributed by atoms with Crippen molar-refractivity contribution in [1.29, 1.82) is 0 Å². The van der Waals surface area contributed by atoms with E-state index in [4.69, 9.17) is 19.2 Å². The minimum absolute atomic E-state index is 0. The van der Waals surface area contributed by atoms with Crippen LogP contribution in [0.15, 0.2) is 53.6 Å². The normalized spacial score (nSPS) is 17.2. The average molecular weight is 473 g/mol. The Bertz CT molecular complexity index is 1170. The van der Waals surface area contributed by atoms with Crippen molar-refractivity contribution in [3.05, 3.63) is 64.7 Å². The number of nitrogens with zero attached hydrogens (tertiary/aromatic N) is 4. The Balaban J connectivity index is 0.00000306. The quantitative estimate of drug-likeness (QED) is 0.561. The van der Waals surface area contributed by atoms with E-state index in [9.17, 15) is 4.79 Å². The first-order valence-corrected chi connectivity index (χ1v) is 10.4. The van der Waals surface area contributed by atoms with Gasteiger partial charge in [-0.2, -0.15) is 0 Å². The molecule has 1 atom stereocenters. The molecule has 0 aliphatic carbocycles. The summed E-state index contributed by atoms with van der Waals surface area (Å²) in [6.45, 7) is 5.15. The second-order valence-electron chi connectivity index (χ2n) is 8.43. The van der Waals surface area contributed by atoms with E-state index in [1.807, 2.05) is 44.2 Å². The van der Waals surface area contributed by atoms with Crippen LogP contribution in [0.1, 0.15) is 25.5 Å². The maximum absolute atomic E-state index is 12.8. The summed E-state index contributed by atoms with van der Waals surface area (Å²) in [7, 11) is 5.01. The van der Waals surface area contributed by atoms with Gasteiger partial charge in [0.2, 0.25) is 5.95 Å². The van der Waals surface area contributed by atoms with Crippen LogP contribution < -0.4 is 19.9 Å². The van der Waals surface area contributed by atoms with Gasteiger partial charge in [-0.25, -0.2) is 4.98 Å². The molecule has 4 rings (SSSR count). The molecule has 3 heterocycles. The van der Waals surface area contributed by atoms with Crippen molar-refractivity contribution in [2.24, 2.45) is 7.05 Å². The lowest BCUT2D eigenvalue weighted by Gasteiger charge is -2.44. The molecule has 2 aromatic heterocycles. The molecule has 0 saturated carbocycles. The molecule has 0 N–H and O–H groups in total. The average Bonchev–Trinajstić information content (AvgIpc) is 2.79. The van der Waals surface area contributed by atoms with Crippen molar-refractivity contribution >= 4 is 18.4 Å². The molecule has 176 valence electrons. The number of morpholine rings is 1. The Hall–Kier alpha value is -3.10. The number of anilines is 1. The van der Waals surface area contributed by atoms with E-state index in [1.54, 1.807) is 44.3 Å². The molecule has 0 spiro atoms.